The van der Waals surface area contributed by atoms with Gasteiger partial charge in [0.25, 0.3) is 0 Å². The summed E-state index contributed by atoms with van der Waals surface area (Å²) in [6.45, 7) is 7.04. The van der Waals surface area contributed by atoms with Crippen molar-refractivity contribution in [3.63, 3.8) is 0 Å². The predicted molar refractivity (Wildman–Crippen MR) is 120 cm³/mol. The Hall–Kier alpha value is -3.14. The Kier molecular flexibility index (Phi) is 2.74. The van der Waals surface area contributed by atoms with Crippen LogP contribution in [-0.2, 0) is 5.41 Å². The van der Waals surface area contributed by atoms with Gasteiger partial charge in [-0.3, -0.25) is 0 Å². The van der Waals surface area contributed by atoms with Crippen LogP contribution >= 0.6 is 0 Å². The molecule has 148 valence electrons. The lowest BCUT2D eigenvalue weighted by Crippen LogP contribution is -2.64. The lowest BCUT2D eigenvalue weighted by atomic mass is 9.51. The van der Waals surface area contributed by atoms with Crippen LogP contribution in [0.25, 0.3) is 11.4 Å². The molecule has 3 heterocycles. The second-order valence-electron chi connectivity index (χ2n) is 9.55. The van der Waals surface area contributed by atoms with Crippen LogP contribution in [0.15, 0.2) is 65.9 Å². The van der Waals surface area contributed by atoms with E-state index in [0.717, 1.165) is 22.9 Å². The number of rotatable bonds is 1. The van der Waals surface area contributed by atoms with E-state index in [4.69, 9.17) is 9.97 Å². The average Bonchev–Trinajstić information content (AvgIpc) is 3.49. The molecular weight excluding hydrogens is 368 g/mol. The summed E-state index contributed by atoms with van der Waals surface area (Å²) in [5, 5.41) is 0. The van der Waals surface area contributed by atoms with Gasteiger partial charge in [-0.25, -0.2) is 9.97 Å². The first-order chi connectivity index (χ1) is 14.5. The molecule has 7 rings (SSSR count). The fraction of sp³-hybridized carbons (Fsp3) is 0.308. The number of fused-ring (bicyclic) bond motifs is 10. The van der Waals surface area contributed by atoms with Crippen molar-refractivity contribution in [2.24, 2.45) is 5.41 Å². The molecule has 2 aliphatic carbocycles. The highest BCUT2D eigenvalue weighted by molar-refractivity contribution is 5.89. The highest BCUT2D eigenvalue weighted by Gasteiger charge is 2.74. The molecular formula is C26H24N4. The maximum atomic E-state index is 5.10. The van der Waals surface area contributed by atoms with Crippen LogP contribution in [0, 0.1) is 12.3 Å². The first-order valence-corrected chi connectivity index (χ1v) is 10.8. The van der Waals surface area contributed by atoms with Crippen LogP contribution in [0.3, 0.4) is 0 Å². The third-order valence-corrected chi connectivity index (χ3v) is 8.42. The summed E-state index contributed by atoms with van der Waals surface area (Å²) < 4.78 is 0. The Morgan fingerprint density at radius 1 is 0.967 bits per heavy atom. The molecule has 2 aromatic carbocycles. The lowest BCUT2D eigenvalue weighted by Gasteiger charge is -2.60. The molecule has 4 aliphatic rings. The summed E-state index contributed by atoms with van der Waals surface area (Å²) in [6.07, 6.45) is 3.45. The van der Waals surface area contributed by atoms with Crippen molar-refractivity contribution < 1.29 is 0 Å². The average molecular weight is 393 g/mol. The van der Waals surface area contributed by atoms with Gasteiger partial charge in [0, 0.05) is 29.1 Å². The van der Waals surface area contributed by atoms with Crippen LogP contribution in [0.1, 0.15) is 31.4 Å². The number of anilines is 3. The van der Waals surface area contributed by atoms with Gasteiger partial charge in [0.1, 0.15) is 11.9 Å². The molecule has 3 atom stereocenters. The van der Waals surface area contributed by atoms with Crippen molar-refractivity contribution in [1.82, 2.24) is 9.97 Å². The van der Waals surface area contributed by atoms with Gasteiger partial charge in [-0.05, 0) is 30.5 Å². The van der Waals surface area contributed by atoms with Gasteiger partial charge in [-0.2, -0.15) is 0 Å². The Morgan fingerprint density at radius 3 is 2.57 bits per heavy atom. The van der Waals surface area contributed by atoms with Crippen molar-refractivity contribution in [3.8, 4) is 11.4 Å². The molecule has 2 aliphatic heterocycles. The number of benzene rings is 2. The standard InChI is InChI=1S/C26H24N4/c1-15-9-5-6-10-16(15)22-27-14-21-23(28-22)29(4)24-26(3)19-13-18(19)25(26,2)17-11-7-8-12-20(17)30(21)24/h5-12,14,24H,13H2,1-4H3. The van der Waals surface area contributed by atoms with E-state index < -0.39 is 0 Å². The summed E-state index contributed by atoms with van der Waals surface area (Å²) in [5.74, 6) is 1.84. The predicted octanol–water partition coefficient (Wildman–Crippen LogP) is 5.36. The fourth-order valence-electron chi connectivity index (χ4n) is 6.70. The second kappa shape index (κ2) is 4.94. The smallest absolute Gasteiger partial charge is 0.161 e. The fourth-order valence-corrected chi connectivity index (χ4v) is 6.70. The SMILES string of the molecule is Cc1ccccc1-c1ncc2c(n1)N(C)C1N2c2ccccc2C2(C)C3=C(C3)C12C. The third kappa shape index (κ3) is 1.57. The molecule has 0 bridgehead atoms. The number of aromatic nitrogens is 2. The number of hydrogen-bond acceptors (Lipinski definition) is 4. The van der Waals surface area contributed by atoms with E-state index in [1.165, 1.54) is 23.2 Å². The Bertz CT molecular complexity index is 1310. The van der Waals surface area contributed by atoms with E-state index in [9.17, 15) is 0 Å². The molecule has 30 heavy (non-hydrogen) atoms. The molecule has 0 amide bonds. The highest BCUT2D eigenvalue weighted by Crippen LogP contribution is 2.79. The van der Waals surface area contributed by atoms with Gasteiger partial charge in [-0.1, -0.05) is 67.5 Å². The first kappa shape index (κ1) is 16.6. The monoisotopic (exact) mass is 392 g/mol. The number of allylic oxidation sites excluding steroid dienone is 1. The Balaban J connectivity index is 1.46. The van der Waals surface area contributed by atoms with Crippen molar-refractivity contribution in [3.05, 3.63) is 77.0 Å². The summed E-state index contributed by atoms with van der Waals surface area (Å²) in [5.41, 5.74) is 9.69. The molecule has 0 N–H and O–H groups in total. The van der Waals surface area contributed by atoms with Crippen molar-refractivity contribution in [2.75, 3.05) is 16.8 Å². The molecule has 0 fully saturated rings. The quantitative estimate of drug-likeness (QED) is 0.522. The minimum Gasteiger partial charge on any atom is -0.336 e. The summed E-state index contributed by atoms with van der Waals surface area (Å²) in [7, 11) is 2.21. The molecule has 0 radical (unpaired) electrons. The minimum atomic E-state index is 0.0922. The lowest BCUT2D eigenvalue weighted by molar-refractivity contribution is 0.171. The van der Waals surface area contributed by atoms with Gasteiger partial charge in [0.15, 0.2) is 11.6 Å². The van der Waals surface area contributed by atoms with E-state index in [0.29, 0.717) is 0 Å². The molecule has 0 spiro atoms. The third-order valence-electron chi connectivity index (χ3n) is 8.42. The normalized spacial score (nSPS) is 29.5. The van der Waals surface area contributed by atoms with Gasteiger partial charge >= 0.3 is 0 Å². The zero-order chi connectivity index (χ0) is 20.4. The topological polar surface area (TPSA) is 32.3 Å². The van der Waals surface area contributed by atoms with Gasteiger partial charge < -0.3 is 9.80 Å². The maximum absolute atomic E-state index is 5.10. The zero-order valence-electron chi connectivity index (χ0n) is 17.8. The highest BCUT2D eigenvalue weighted by atomic mass is 15.5. The van der Waals surface area contributed by atoms with Crippen LogP contribution in [0.5, 0.6) is 0 Å². The van der Waals surface area contributed by atoms with E-state index in [1.54, 1.807) is 11.1 Å². The number of nitrogens with zero attached hydrogens (tertiary/aromatic N) is 4. The van der Waals surface area contributed by atoms with Crippen LogP contribution in [-0.4, -0.2) is 23.2 Å². The van der Waals surface area contributed by atoms with E-state index in [-0.39, 0.29) is 17.0 Å². The van der Waals surface area contributed by atoms with Crippen molar-refractivity contribution >= 4 is 17.2 Å². The van der Waals surface area contributed by atoms with Gasteiger partial charge in [-0.15, -0.1) is 0 Å². The molecule has 4 nitrogen and oxygen atoms in total. The summed E-state index contributed by atoms with van der Waals surface area (Å²) in [4.78, 5) is 14.8. The Labute approximate surface area is 176 Å². The molecule has 3 aromatic rings. The zero-order valence-corrected chi connectivity index (χ0v) is 17.8. The van der Waals surface area contributed by atoms with Crippen LogP contribution < -0.4 is 9.80 Å². The van der Waals surface area contributed by atoms with Gasteiger partial charge in [0.05, 0.1) is 6.20 Å². The van der Waals surface area contributed by atoms with Crippen LogP contribution in [0.2, 0.25) is 0 Å². The summed E-state index contributed by atoms with van der Waals surface area (Å²) >= 11 is 0. The molecule has 4 heteroatoms. The maximum Gasteiger partial charge on any atom is 0.161 e. The van der Waals surface area contributed by atoms with Crippen molar-refractivity contribution in [2.45, 2.75) is 38.8 Å². The summed E-state index contributed by atoms with van der Waals surface area (Å²) in [6, 6.07) is 17.3. The number of aryl methyl sites for hydroxylation is 1. The molecule has 3 unspecified atom stereocenters. The van der Waals surface area contributed by atoms with Crippen molar-refractivity contribution in [1.29, 1.82) is 0 Å². The van der Waals surface area contributed by atoms with E-state index in [1.807, 2.05) is 6.20 Å². The van der Waals surface area contributed by atoms with Crippen LogP contribution in [0.4, 0.5) is 17.2 Å². The minimum absolute atomic E-state index is 0.0922. The largest absolute Gasteiger partial charge is 0.336 e. The van der Waals surface area contributed by atoms with Gasteiger partial charge in [0.2, 0.25) is 0 Å². The Morgan fingerprint density at radius 2 is 1.73 bits per heavy atom. The second-order valence-corrected chi connectivity index (χ2v) is 9.55. The number of para-hydroxylation sites is 1. The number of hydrogen-bond donors (Lipinski definition) is 0. The first-order valence-electron chi connectivity index (χ1n) is 10.8. The molecule has 1 aromatic heterocycles. The van der Waals surface area contributed by atoms with E-state index in [2.05, 4.69) is 86.1 Å². The molecule has 0 saturated carbocycles. The molecule has 0 saturated heterocycles. The van der Waals surface area contributed by atoms with E-state index >= 15 is 0 Å².